The van der Waals surface area contributed by atoms with Crippen LogP contribution in [0.5, 0.6) is 0 Å². The van der Waals surface area contributed by atoms with Crippen LogP contribution in [-0.4, -0.2) is 36.1 Å². The average molecular weight is 479 g/mol. The number of aryl methyl sites for hydroxylation is 1. The van der Waals surface area contributed by atoms with E-state index in [-0.39, 0.29) is 0 Å². The highest BCUT2D eigenvalue weighted by Gasteiger charge is 2.24. The van der Waals surface area contributed by atoms with Crippen LogP contribution in [-0.2, 0) is 13.1 Å². The fraction of sp³-hybridized carbons (Fsp3) is 0.267. The van der Waals surface area contributed by atoms with Crippen molar-refractivity contribution in [2.75, 3.05) is 46.6 Å². The van der Waals surface area contributed by atoms with Gasteiger partial charge in [-0.05, 0) is 42.2 Å². The molecule has 1 aromatic heterocycles. The molecule has 184 valence electrons. The number of hydrogen-bond donors (Lipinski definition) is 1. The van der Waals surface area contributed by atoms with Crippen molar-refractivity contribution >= 4 is 23.0 Å². The predicted molar refractivity (Wildman–Crippen MR) is 150 cm³/mol. The van der Waals surface area contributed by atoms with Crippen molar-refractivity contribution in [3.8, 4) is 0 Å². The van der Waals surface area contributed by atoms with Gasteiger partial charge in [-0.1, -0.05) is 72.8 Å². The molecule has 1 aliphatic rings. The second-order valence-corrected chi connectivity index (χ2v) is 9.45. The highest BCUT2D eigenvalue weighted by atomic mass is 15.3. The van der Waals surface area contributed by atoms with Gasteiger partial charge < -0.3 is 20.4 Å². The molecule has 6 heteroatoms. The van der Waals surface area contributed by atoms with Crippen molar-refractivity contribution in [3.63, 3.8) is 0 Å². The fourth-order valence-electron chi connectivity index (χ4n) is 4.93. The predicted octanol–water partition coefficient (Wildman–Crippen LogP) is 5.21. The summed E-state index contributed by atoms with van der Waals surface area (Å²) in [4.78, 5) is 16.3. The molecule has 0 unspecified atom stereocenters. The molecule has 2 heterocycles. The lowest BCUT2D eigenvalue weighted by atomic mass is 10.1. The van der Waals surface area contributed by atoms with Crippen LogP contribution in [0.2, 0.25) is 0 Å². The monoisotopic (exact) mass is 478 g/mol. The summed E-state index contributed by atoms with van der Waals surface area (Å²) in [7, 11) is 0. The number of nitrogens with zero attached hydrogens (tertiary/aromatic N) is 5. The molecule has 36 heavy (non-hydrogen) atoms. The molecule has 2 N–H and O–H groups in total. The van der Waals surface area contributed by atoms with Crippen molar-refractivity contribution in [1.29, 1.82) is 0 Å². The van der Waals surface area contributed by atoms with Crippen LogP contribution in [0, 0.1) is 13.8 Å². The minimum absolute atomic E-state index is 0.643. The first-order valence-electron chi connectivity index (χ1n) is 12.6. The summed E-state index contributed by atoms with van der Waals surface area (Å²) in [5, 5.41) is 0. The Kier molecular flexibility index (Phi) is 7.03. The van der Waals surface area contributed by atoms with Gasteiger partial charge in [0.15, 0.2) is 11.6 Å². The van der Waals surface area contributed by atoms with Crippen molar-refractivity contribution in [3.05, 3.63) is 107 Å². The second kappa shape index (κ2) is 10.7. The Hall–Kier alpha value is -4.06. The van der Waals surface area contributed by atoms with Crippen LogP contribution in [0.1, 0.15) is 22.3 Å². The minimum Gasteiger partial charge on any atom is -0.393 e. The van der Waals surface area contributed by atoms with Crippen LogP contribution >= 0.6 is 0 Å². The van der Waals surface area contributed by atoms with Gasteiger partial charge in [-0.15, -0.1) is 0 Å². The van der Waals surface area contributed by atoms with Gasteiger partial charge in [-0.2, -0.15) is 0 Å². The first-order chi connectivity index (χ1) is 17.6. The molecule has 0 aliphatic carbocycles. The van der Waals surface area contributed by atoms with Crippen LogP contribution in [0.15, 0.2) is 85.2 Å². The van der Waals surface area contributed by atoms with Gasteiger partial charge in [0.25, 0.3) is 0 Å². The summed E-state index contributed by atoms with van der Waals surface area (Å²) in [5.74, 6) is 1.61. The third kappa shape index (κ3) is 5.13. The molecule has 0 radical (unpaired) electrons. The molecule has 0 amide bonds. The highest BCUT2D eigenvalue weighted by molar-refractivity contribution is 5.76. The number of anilines is 4. The smallest absolute Gasteiger partial charge is 0.158 e. The van der Waals surface area contributed by atoms with Crippen molar-refractivity contribution in [2.24, 2.45) is 0 Å². The van der Waals surface area contributed by atoms with Crippen LogP contribution < -0.4 is 20.4 Å². The zero-order chi connectivity index (χ0) is 24.9. The van der Waals surface area contributed by atoms with Crippen LogP contribution in [0.25, 0.3) is 0 Å². The molecule has 0 spiro atoms. The number of rotatable bonds is 7. The number of hydrogen-bond acceptors (Lipinski definition) is 6. The Labute approximate surface area is 214 Å². The third-order valence-electron chi connectivity index (χ3n) is 7.07. The Morgan fingerprint density at radius 2 is 1.31 bits per heavy atom. The number of benzene rings is 3. The van der Waals surface area contributed by atoms with E-state index in [4.69, 9.17) is 5.73 Å². The fourth-order valence-corrected chi connectivity index (χ4v) is 4.93. The van der Waals surface area contributed by atoms with E-state index in [2.05, 4.69) is 105 Å². The zero-order valence-electron chi connectivity index (χ0n) is 21.1. The first-order valence-corrected chi connectivity index (χ1v) is 12.6. The van der Waals surface area contributed by atoms with E-state index in [9.17, 15) is 0 Å². The third-order valence-corrected chi connectivity index (χ3v) is 7.07. The first kappa shape index (κ1) is 23.7. The normalized spacial score (nSPS) is 13.6. The summed E-state index contributed by atoms with van der Waals surface area (Å²) in [6.07, 6.45) is 1.65. The van der Waals surface area contributed by atoms with Crippen molar-refractivity contribution < 1.29 is 0 Å². The van der Waals surface area contributed by atoms with Crippen LogP contribution in [0.3, 0.4) is 0 Å². The lowest BCUT2D eigenvalue weighted by Gasteiger charge is -2.38. The van der Waals surface area contributed by atoms with Crippen molar-refractivity contribution in [1.82, 2.24) is 9.97 Å². The van der Waals surface area contributed by atoms with Crippen molar-refractivity contribution in [2.45, 2.75) is 26.9 Å². The van der Waals surface area contributed by atoms with Gasteiger partial charge in [-0.25, -0.2) is 9.97 Å². The molecule has 0 saturated carbocycles. The summed E-state index contributed by atoms with van der Waals surface area (Å²) >= 11 is 0. The second-order valence-electron chi connectivity index (χ2n) is 9.45. The van der Waals surface area contributed by atoms with Gasteiger partial charge in [0.2, 0.25) is 0 Å². The number of piperazine rings is 1. The van der Waals surface area contributed by atoms with E-state index in [1.165, 1.54) is 27.9 Å². The highest BCUT2D eigenvalue weighted by Crippen LogP contribution is 2.32. The Balaban J connectivity index is 1.38. The molecule has 5 rings (SSSR count). The molecule has 3 aromatic carbocycles. The van der Waals surface area contributed by atoms with E-state index >= 15 is 0 Å². The quantitative estimate of drug-likeness (QED) is 0.394. The number of aromatic nitrogens is 2. The summed E-state index contributed by atoms with van der Waals surface area (Å²) in [6.45, 7) is 9.42. The standard InChI is InChI=1S/C30H34N6/c1-23-10-9-15-27(24(23)2)34-16-18-35(19-17-34)29-28(31)30(33-22-32-29)36(20-25-11-5-3-6-12-25)21-26-13-7-4-8-14-26/h3-15,22H,16-21,31H2,1-2H3. The largest absolute Gasteiger partial charge is 0.393 e. The van der Waals surface area contributed by atoms with Gasteiger partial charge in [0.1, 0.15) is 12.0 Å². The lowest BCUT2D eigenvalue weighted by molar-refractivity contribution is 0.645. The lowest BCUT2D eigenvalue weighted by Crippen LogP contribution is -2.47. The molecular weight excluding hydrogens is 444 g/mol. The Bertz CT molecular complexity index is 1240. The maximum Gasteiger partial charge on any atom is 0.158 e. The van der Waals surface area contributed by atoms with E-state index < -0.39 is 0 Å². The van der Waals surface area contributed by atoms with Gasteiger partial charge in [-0.3, -0.25) is 0 Å². The summed E-state index contributed by atoms with van der Waals surface area (Å²) < 4.78 is 0. The molecule has 1 aliphatic heterocycles. The van der Waals surface area contributed by atoms with E-state index in [0.29, 0.717) is 5.69 Å². The zero-order valence-corrected chi connectivity index (χ0v) is 21.1. The molecule has 1 fully saturated rings. The van der Waals surface area contributed by atoms with E-state index in [1.807, 2.05) is 12.1 Å². The van der Waals surface area contributed by atoms with E-state index in [0.717, 1.165) is 50.9 Å². The molecule has 0 atom stereocenters. The average Bonchev–Trinajstić information content (AvgIpc) is 2.91. The molecule has 4 aromatic rings. The number of nitrogen functional groups attached to an aromatic ring is 1. The maximum absolute atomic E-state index is 6.79. The molecule has 6 nitrogen and oxygen atoms in total. The SMILES string of the molecule is Cc1cccc(N2CCN(c3ncnc(N(Cc4ccccc4)Cc4ccccc4)c3N)CC2)c1C. The maximum atomic E-state index is 6.79. The Morgan fingerprint density at radius 3 is 1.92 bits per heavy atom. The topological polar surface area (TPSA) is 61.5 Å². The van der Waals surface area contributed by atoms with Gasteiger partial charge in [0.05, 0.1) is 0 Å². The molecule has 0 bridgehead atoms. The van der Waals surface area contributed by atoms with Gasteiger partial charge in [0, 0.05) is 45.0 Å². The van der Waals surface area contributed by atoms with Crippen LogP contribution in [0.4, 0.5) is 23.0 Å². The summed E-state index contributed by atoms with van der Waals surface area (Å²) in [5.41, 5.74) is 13.9. The van der Waals surface area contributed by atoms with E-state index in [1.54, 1.807) is 6.33 Å². The minimum atomic E-state index is 0.643. The molecular formula is C30H34N6. The number of nitrogens with two attached hydrogens (primary N) is 1. The van der Waals surface area contributed by atoms with Gasteiger partial charge >= 0.3 is 0 Å². The summed E-state index contributed by atoms with van der Waals surface area (Å²) in [6, 6.07) is 27.5. The Morgan fingerprint density at radius 1 is 0.722 bits per heavy atom. The molecule has 1 saturated heterocycles.